The van der Waals surface area contributed by atoms with Gasteiger partial charge in [0.05, 0.1) is 11.3 Å². The van der Waals surface area contributed by atoms with E-state index in [9.17, 15) is 13.6 Å². The molecule has 2 aromatic heterocycles. The highest BCUT2D eigenvalue weighted by molar-refractivity contribution is 9.10. The maximum Gasteiger partial charge on any atom is 0.254 e. The first-order valence-corrected chi connectivity index (χ1v) is 9.18. The van der Waals surface area contributed by atoms with Crippen molar-refractivity contribution >= 4 is 21.8 Å². The molecule has 0 radical (unpaired) electrons. The summed E-state index contributed by atoms with van der Waals surface area (Å²) in [6.07, 6.45) is 6.28. The number of aryl methyl sites for hydroxylation is 1. The molecule has 0 bridgehead atoms. The summed E-state index contributed by atoms with van der Waals surface area (Å²) in [5, 5.41) is 2.79. The van der Waals surface area contributed by atoms with Gasteiger partial charge in [-0.1, -0.05) is 0 Å². The summed E-state index contributed by atoms with van der Waals surface area (Å²) in [7, 11) is 0. The van der Waals surface area contributed by atoms with Crippen LogP contribution < -0.4 is 5.32 Å². The van der Waals surface area contributed by atoms with Crippen molar-refractivity contribution in [1.29, 1.82) is 0 Å². The summed E-state index contributed by atoms with van der Waals surface area (Å²) in [4.78, 5) is 20.2. The molecule has 0 aliphatic heterocycles. The van der Waals surface area contributed by atoms with Crippen molar-refractivity contribution in [3.63, 3.8) is 0 Å². The number of benzene rings is 1. The van der Waals surface area contributed by atoms with Crippen LogP contribution in [0, 0.1) is 18.7 Å². The van der Waals surface area contributed by atoms with Crippen LogP contribution in [0.2, 0.25) is 0 Å². The van der Waals surface area contributed by atoms with Gasteiger partial charge in [-0.15, -0.1) is 0 Å². The number of halogens is 3. The molecule has 0 saturated heterocycles. The lowest BCUT2D eigenvalue weighted by Gasteiger charge is -2.09. The molecule has 1 aliphatic carbocycles. The average Bonchev–Trinajstić information content (AvgIpc) is 3.30. The van der Waals surface area contributed by atoms with E-state index in [4.69, 9.17) is 0 Å². The van der Waals surface area contributed by atoms with Gasteiger partial charge in [-0.2, -0.15) is 4.39 Å². The van der Waals surface area contributed by atoms with E-state index in [0.29, 0.717) is 21.3 Å². The number of imidazole rings is 1. The smallest absolute Gasteiger partial charge is 0.254 e. The van der Waals surface area contributed by atoms with Crippen LogP contribution in [0.4, 0.5) is 8.78 Å². The van der Waals surface area contributed by atoms with Crippen LogP contribution in [0.5, 0.6) is 0 Å². The van der Waals surface area contributed by atoms with Crippen LogP contribution >= 0.6 is 15.9 Å². The Hall–Kier alpha value is -2.61. The van der Waals surface area contributed by atoms with Crippen molar-refractivity contribution < 1.29 is 13.6 Å². The molecule has 1 aliphatic rings. The number of carbonyl (C=O) groups is 1. The lowest BCUT2D eigenvalue weighted by molar-refractivity contribution is 0.0947. The van der Waals surface area contributed by atoms with Gasteiger partial charge in [0, 0.05) is 28.5 Å². The van der Waals surface area contributed by atoms with Crippen molar-refractivity contribution in [3.8, 4) is 16.9 Å². The Bertz CT molecular complexity index is 1050. The number of rotatable bonds is 4. The molecular weight excluding hydrogens is 418 g/mol. The van der Waals surface area contributed by atoms with Crippen LogP contribution in [0.15, 0.2) is 41.4 Å². The lowest BCUT2D eigenvalue weighted by atomic mass is 10.0. The molecule has 0 unspecified atom stereocenters. The fourth-order valence-electron chi connectivity index (χ4n) is 2.80. The zero-order valence-corrected chi connectivity index (χ0v) is 15.9. The van der Waals surface area contributed by atoms with E-state index in [0.717, 1.165) is 12.8 Å². The van der Waals surface area contributed by atoms with Gasteiger partial charge in [0.15, 0.2) is 0 Å². The third-order valence-corrected chi connectivity index (χ3v) is 4.83. The van der Waals surface area contributed by atoms with Crippen LogP contribution in [0.3, 0.4) is 0 Å². The summed E-state index contributed by atoms with van der Waals surface area (Å²) in [6, 6.07) is 4.52. The van der Waals surface area contributed by atoms with Gasteiger partial charge in [0.1, 0.15) is 17.8 Å². The molecule has 2 heterocycles. The predicted molar refractivity (Wildman–Crippen MR) is 99.6 cm³/mol. The molecule has 1 aromatic carbocycles. The molecule has 0 atom stereocenters. The van der Waals surface area contributed by atoms with Crippen molar-refractivity contribution in [2.24, 2.45) is 0 Å². The number of pyridine rings is 1. The SMILES string of the molecule is Cc1cc(F)c(C(=O)NC2CC2)cc1-c1cn(-c2cc(Br)cnc2F)cn1. The molecule has 1 saturated carbocycles. The Labute approximate surface area is 162 Å². The number of nitrogens with zero attached hydrogens (tertiary/aromatic N) is 3. The van der Waals surface area contributed by atoms with Gasteiger partial charge in [0.2, 0.25) is 5.95 Å². The van der Waals surface area contributed by atoms with Gasteiger partial charge < -0.3 is 9.88 Å². The second-order valence-corrected chi connectivity index (χ2v) is 7.44. The molecular formula is C19H15BrF2N4O. The average molecular weight is 433 g/mol. The highest BCUT2D eigenvalue weighted by Crippen LogP contribution is 2.27. The monoisotopic (exact) mass is 432 g/mol. The van der Waals surface area contributed by atoms with E-state index in [-0.39, 0.29) is 17.3 Å². The summed E-state index contributed by atoms with van der Waals surface area (Å²) >= 11 is 3.27. The Morgan fingerprint density at radius 1 is 1.26 bits per heavy atom. The summed E-state index contributed by atoms with van der Waals surface area (Å²) in [6.45, 7) is 1.74. The fourth-order valence-corrected chi connectivity index (χ4v) is 3.12. The highest BCUT2D eigenvalue weighted by atomic mass is 79.9. The normalized spacial score (nSPS) is 13.6. The minimum absolute atomic E-state index is 0.0210. The zero-order valence-electron chi connectivity index (χ0n) is 14.3. The Morgan fingerprint density at radius 2 is 2.04 bits per heavy atom. The first kappa shape index (κ1) is 17.8. The minimum Gasteiger partial charge on any atom is -0.349 e. The van der Waals surface area contributed by atoms with Crippen LogP contribution in [0.1, 0.15) is 28.8 Å². The highest BCUT2D eigenvalue weighted by Gasteiger charge is 2.25. The number of hydrogen-bond acceptors (Lipinski definition) is 3. The molecule has 5 nitrogen and oxygen atoms in total. The standard InChI is InChI=1S/C19H15BrF2N4O/c1-10-4-15(21)14(19(27)25-12-2-3-12)6-13(10)16-8-26(9-24-16)17-5-11(20)7-23-18(17)22/h4-9,12H,2-3H2,1H3,(H,25,27). The van der Waals surface area contributed by atoms with E-state index in [1.54, 1.807) is 19.2 Å². The molecule has 138 valence electrons. The maximum atomic E-state index is 14.3. The maximum absolute atomic E-state index is 14.3. The number of aromatic nitrogens is 3. The second-order valence-electron chi connectivity index (χ2n) is 6.52. The minimum atomic E-state index is -0.637. The van der Waals surface area contributed by atoms with Crippen molar-refractivity contribution in [2.75, 3.05) is 0 Å². The first-order chi connectivity index (χ1) is 12.9. The van der Waals surface area contributed by atoms with E-state index >= 15 is 0 Å². The molecule has 3 aromatic rings. The lowest BCUT2D eigenvalue weighted by Crippen LogP contribution is -2.26. The molecule has 4 rings (SSSR count). The molecule has 1 N–H and O–H groups in total. The molecule has 0 spiro atoms. The van der Waals surface area contributed by atoms with Crippen LogP contribution in [-0.2, 0) is 0 Å². The zero-order chi connectivity index (χ0) is 19.1. The number of hydrogen-bond donors (Lipinski definition) is 1. The molecule has 1 amide bonds. The Morgan fingerprint density at radius 3 is 2.78 bits per heavy atom. The predicted octanol–water partition coefficient (Wildman–Crippen LogP) is 4.18. The molecule has 8 heteroatoms. The van der Waals surface area contributed by atoms with Gasteiger partial charge >= 0.3 is 0 Å². The van der Waals surface area contributed by atoms with Gasteiger partial charge in [-0.05, 0) is 59.5 Å². The number of amides is 1. The van der Waals surface area contributed by atoms with Gasteiger partial charge in [-0.3, -0.25) is 4.79 Å². The quantitative estimate of drug-likeness (QED) is 0.629. The summed E-state index contributed by atoms with van der Waals surface area (Å²) in [5.41, 5.74) is 1.96. The molecule has 1 fully saturated rings. The van der Waals surface area contributed by atoms with Crippen molar-refractivity contribution in [1.82, 2.24) is 19.9 Å². The van der Waals surface area contributed by atoms with Crippen LogP contribution in [0.25, 0.3) is 16.9 Å². The Kier molecular flexibility index (Phi) is 4.51. The Balaban J connectivity index is 1.72. The topological polar surface area (TPSA) is 59.8 Å². The van der Waals surface area contributed by atoms with Crippen molar-refractivity contribution in [3.05, 3.63) is 64.3 Å². The van der Waals surface area contributed by atoms with E-state index in [2.05, 4.69) is 31.2 Å². The number of carbonyl (C=O) groups excluding carboxylic acids is 1. The third kappa shape index (κ3) is 3.62. The fraction of sp³-hybridized carbons (Fsp3) is 0.211. The van der Waals surface area contributed by atoms with E-state index < -0.39 is 17.7 Å². The van der Waals surface area contributed by atoms with Crippen LogP contribution in [-0.4, -0.2) is 26.5 Å². The first-order valence-electron chi connectivity index (χ1n) is 8.39. The van der Waals surface area contributed by atoms with Gasteiger partial charge in [0.25, 0.3) is 5.91 Å². The van der Waals surface area contributed by atoms with Gasteiger partial charge in [-0.25, -0.2) is 14.4 Å². The molecule has 27 heavy (non-hydrogen) atoms. The second kappa shape index (κ2) is 6.84. The third-order valence-electron chi connectivity index (χ3n) is 4.40. The van der Waals surface area contributed by atoms with Crippen molar-refractivity contribution in [2.45, 2.75) is 25.8 Å². The largest absolute Gasteiger partial charge is 0.349 e. The summed E-state index contributed by atoms with van der Waals surface area (Å²) < 4.78 is 30.4. The van der Waals surface area contributed by atoms with E-state index in [1.807, 2.05) is 0 Å². The number of nitrogens with one attached hydrogen (secondary N) is 1. The van der Waals surface area contributed by atoms with E-state index in [1.165, 1.54) is 29.2 Å². The summed E-state index contributed by atoms with van der Waals surface area (Å²) in [5.74, 6) is -1.64.